The molecular formula is C25H47NO5S. The van der Waals surface area contributed by atoms with Crippen LogP contribution in [0.5, 0.6) is 0 Å². The molecule has 0 amide bonds. The van der Waals surface area contributed by atoms with Crippen molar-refractivity contribution in [2.45, 2.75) is 98.4 Å². The maximum Gasteiger partial charge on any atom is 0.162 e. The van der Waals surface area contributed by atoms with Gasteiger partial charge in [-0.25, -0.2) is 0 Å². The summed E-state index contributed by atoms with van der Waals surface area (Å²) >= 11 is 1.53. The molecule has 2 unspecified atom stereocenters. The molecule has 7 heteroatoms. The second kappa shape index (κ2) is 12.2. The van der Waals surface area contributed by atoms with Crippen molar-refractivity contribution in [2.75, 3.05) is 12.2 Å². The van der Waals surface area contributed by atoms with E-state index in [1.165, 1.54) is 11.8 Å². The molecule has 1 fully saturated rings. The summed E-state index contributed by atoms with van der Waals surface area (Å²) in [7, 11) is 0. The minimum Gasteiger partial charge on any atom is -0.392 e. The molecule has 0 heterocycles. The average Bonchev–Trinajstić information content (AvgIpc) is 2.70. The number of ketones is 1. The number of nitrogens with zero attached hydrogens (tertiary/aromatic N) is 1. The van der Waals surface area contributed by atoms with Gasteiger partial charge in [0.25, 0.3) is 0 Å². The van der Waals surface area contributed by atoms with Gasteiger partial charge in [0.2, 0.25) is 0 Å². The molecule has 1 saturated carbocycles. The highest BCUT2D eigenvalue weighted by molar-refractivity contribution is 7.98. The zero-order valence-corrected chi connectivity index (χ0v) is 22.4. The summed E-state index contributed by atoms with van der Waals surface area (Å²) in [6.45, 7) is 15.3. The number of hydrogen-bond acceptors (Lipinski definition) is 7. The first-order chi connectivity index (χ1) is 14.7. The van der Waals surface area contributed by atoms with Crippen molar-refractivity contribution in [3.63, 3.8) is 0 Å². The fourth-order valence-corrected chi connectivity index (χ4v) is 5.61. The van der Waals surface area contributed by atoms with E-state index in [2.05, 4.69) is 5.16 Å². The first-order valence-corrected chi connectivity index (χ1v) is 13.4. The highest BCUT2D eigenvalue weighted by Gasteiger charge is 2.44. The van der Waals surface area contributed by atoms with Crippen LogP contribution < -0.4 is 0 Å². The first-order valence-electron chi connectivity index (χ1n) is 12.0. The molecule has 32 heavy (non-hydrogen) atoms. The lowest BCUT2D eigenvalue weighted by Gasteiger charge is -2.42. The topological polar surface area (TPSA) is 99.4 Å². The van der Waals surface area contributed by atoms with Crippen LogP contribution in [0.25, 0.3) is 0 Å². The van der Waals surface area contributed by atoms with E-state index in [0.29, 0.717) is 25.2 Å². The lowest BCUT2D eigenvalue weighted by Crippen LogP contribution is -2.48. The fraction of sp³-hybridized carbons (Fsp3) is 0.920. The van der Waals surface area contributed by atoms with Gasteiger partial charge in [0.15, 0.2) is 5.94 Å². The number of aliphatic hydroxyl groups excluding tert-OH is 1. The predicted molar refractivity (Wildman–Crippen MR) is 133 cm³/mol. The number of hydrogen-bond donors (Lipinski definition) is 3. The molecule has 3 N–H and O–H groups in total. The molecule has 1 aliphatic rings. The Morgan fingerprint density at radius 3 is 2.22 bits per heavy atom. The number of oxime groups is 1. The highest BCUT2D eigenvalue weighted by atomic mass is 32.2. The van der Waals surface area contributed by atoms with E-state index >= 15 is 0 Å². The number of thioether (sulfide) groups is 1. The second-order valence-corrected chi connectivity index (χ2v) is 11.5. The summed E-state index contributed by atoms with van der Waals surface area (Å²) < 4.78 is 0. The highest BCUT2D eigenvalue weighted by Crippen LogP contribution is 2.39. The van der Waals surface area contributed by atoms with Crippen molar-refractivity contribution in [3.05, 3.63) is 0 Å². The number of carbonyl (C=O) groups excluding carboxylic acids is 1. The minimum absolute atomic E-state index is 0.0430. The van der Waals surface area contributed by atoms with Crippen LogP contribution >= 0.6 is 11.8 Å². The molecule has 1 aliphatic carbocycles. The third-order valence-corrected chi connectivity index (χ3v) is 8.20. The van der Waals surface area contributed by atoms with Crippen molar-refractivity contribution in [2.24, 2.45) is 40.7 Å². The van der Waals surface area contributed by atoms with Gasteiger partial charge in [-0.15, -0.1) is 11.8 Å². The Morgan fingerprint density at radius 1 is 1.09 bits per heavy atom. The van der Waals surface area contributed by atoms with Gasteiger partial charge in [-0.2, -0.15) is 0 Å². The maximum absolute atomic E-state index is 13.1. The van der Waals surface area contributed by atoms with E-state index in [1.54, 1.807) is 13.8 Å². The molecule has 188 valence electrons. The standard InChI is InChI=1S/C25H47NO5S/c1-10-20-11-21(27)18(5)23(28)16(3)13-24(7,29)12-15(2)22(26-31-14-32-9)17(4)19(6)25(20,8)30/h15-20,23,28-30H,10-14H2,1-9H3/b26-22+/t15-,16-,17?,18+,19?,20+,23+,24-,25+/m1/s1. The van der Waals surface area contributed by atoms with E-state index in [1.807, 2.05) is 47.8 Å². The molecule has 0 saturated heterocycles. The molecule has 0 aromatic rings. The number of Topliss-reactive ketones (excluding diaryl/α,β-unsaturated/α-hetero) is 1. The van der Waals surface area contributed by atoms with Gasteiger partial charge in [-0.05, 0) is 50.7 Å². The molecule has 0 aliphatic heterocycles. The van der Waals surface area contributed by atoms with E-state index in [9.17, 15) is 20.1 Å². The van der Waals surface area contributed by atoms with Gasteiger partial charge < -0.3 is 20.2 Å². The largest absolute Gasteiger partial charge is 0.392 e. The molecule has 1 rings (SSSR count). The van der Waals surface area contributed by atoms with Crippen molar-refractivity contribution in [1.29, 1.82) is 0 Å². The summed E-state index contributed by atoms with van der Waals surface area (Å²) in [5.41, 5.74) is -1.33. The quantitative estimate of drug-likeness (QED) is 0.316. The third kappa shape index (κ3) is 7.44. The predicted octanol–water partition coefficient (Wildman–Crippen LogP) is 4.50. The minimum atomic E-state index is -1.10. The fourth-order valence-electron chi connectivity index (χ4n) is 5.45. The third-order valence-electron chi connectivity index (χ3n) is 7.86. The maximum atomic E-state index is 13.1. The Labute approximate surface area is 199 Å². The normalized spacial score (nSPS) is 44.3. The van der Waals surface area contributed by atoms with Gasteiger partial charge in [0.05, 0.1) is 23.0 Å². The van der Waals surface area contributed by atoms with Gasteiger partial charge in [0.1, 0.15) is 5.78 Å². The van der Waals surface area contributed by atoms with E-state index in [4.69, 9.17) is 4.84 Å². The van der Waals surface area contributed by atoms with Gasteiger partial charge in [-0.3, -0.25) is 4.79 Å². The summed E-state index contributed by atoms with van der Waals surface area (Å²) in [4.78, 5) is 18.6. The van der Waals surface area contributed by atoms with E-state index in [0.717, 1.165) is 5.71 Å². The van der Waals surface area contributed by atoms with Crippen molar-refractivity contribution >= 4 is 23.3 Å². The van der Waals surface area contributed by atoms with E-state index in [-0.39, 0.29) is 41.8 Å². The summed E-state index contributed by atoms with van der Waals surface area (Å²) in [6, 6.07) is 0. The lowest BCUT2D eigenvalue weighted by molar-refractivity contribution is -0.133. The Morgan fingerprint density at radius 2 is 1.69 bits per heavy atom. The summed E-state index contributed by atoms with van der Waals surface area (Å²) in [6.07, 6.45) is 2.80. The van der Waals surface area contributed by atoms with Crippen LogP contribution in [0.15, 0.2) is 5.16 Å². The molecule has 9 atom stereocenters. The SMILES string of the molecule is CC[C@H]1CC(=O)[C@H](C)[C@@H](O)[C@H](C)C[C@](C)(O)C[C@@H](C)/C(=N\OCSC)C(C)C(C)[C@]1(C)O. The molecule has 0 bridgehead atoms. The molecule has 0 radical (unpaired) electrons. The Balaban J connectivity index is 3.47. The van der Waals surface area contributed by atoms with Crippen LogP contribution in [-0.4, -0.2) is 56.3 Å². The van der Waals surface area contributed by atoms with Crippen LogP contribution in [0.2, 0.25) is 0 Å². The summed E-state index contributed by atoms with van der Waals surface area (Å²) in [5, 5.41) is 38.1. The second-order valence-electron chi connectivity index (χ2n) is 10.7. The Bertz CT molecular complexity index is 636. The van der Waals surface area contributed by atoms with Crippen molar-refractivity contribution in [3.8, 4) is 0 Å². The molecule has 6 nitrogen and oxygen atoms in total. The van der Waals surface area contributed by atoms with Gasteiger partial charge in [0, 0.05) is 24.2 Å². The van der Waals surface area contributed by atoms with Crippen LogP contribution in [0.1, 0.15) is 81.1 Å². The van der Waals surface area contributed by atoms with Crippen LogP contribution in [0, 0.1) is 35.5 Å². The first kappa shape index (κ1) is 29.4. The summed E-state index contributed by atoms with van der Waals surface area (Å²) in [5.74, 6) is -1.01. The van der Waals surface area contributed by atoms with Crippen LogP contribution in [0.3, 0.4) is 0 Å². The van der Waals surface area contributed by atoms with Crippen LogP contribution in [0.4, 0.5) is 0 Å². The van der Waals surface area contributed by atoms with Crippen molar-refractivity contribution < 1.29 is 25.0 Å². The van der Waals surface area contributed by atoms with Gasteiger partial charge in [-0.1, -0.05) is 53.1 Å². The van der Waals surface area contributed by atoms with Gasteiger partial charge >= 0.3 is 0 Å². The Hall–Kier alpha value is -0.630. The van der Waals surface area contributed by atoms with Crippen molar-refractivity contribution in [1.82, 2.24) is 0 Å². The smallest absolute Gasteiger partial charge is 0.162 e. The van der Waals surface area contributed by atoms with Crippen LogP contribution in [-0.2, 0) is 9.63 Å². The van der Waals surface area contributed by atoms with E-state index < -0.39 is 23.2 Å². The average molecular weight is 474 g/mol. The zero-order chi connectivity index (χ0) is 24.9. The number of rotatable bonds is 4. The Kier molecular flexibility index (Phi) is 11.2. The molecular weight excluding hydrogens is 426 g/mol. The number of carbonyl (C=O) groups is 1. The molecule has 0 spiro atoms. The number of aliphatic hydroxyl groups is 3. The molecule has 0 aromatic heterocycles. The monoisotopic (exact) mass is 473 g/mol. The zero-order valence-electron chi connectivity index (χ0n) is 21.6. The molecule has 0 aromatic carbocycles. The lowest BCUT2D eigenvalue weighted by atomic mass is 9.67.